The van der Waals surface area contributed by atoms with Gasteiger partial charge in [0.2, 0.25) is 0 Å². The maximum Gasteiger partial charge on any atom is 0.309 e. The smallest absolute Gasteiger partial charge is 0.309 e. The minimum Gasteiger partial charge on any atom is -0.466 e. The number of aromatic nitrogens is 1. The Morgan fingerprint density at radius 3 is 2.94 bits per heavy atom. The van der Waals surface area contributed by atoms with E-state index in [0.717, 1.165) is 0 Å². The average molecular weight is 250 g/mol. The number of carbonyl (C=O) groups is 1. The molecule has 1 aromatic rings. The van der Waals surface area contributed by atoms with E-state index in [2.05, 4.69) is 4.98 Å². The molecule has 0 spiro atoms. The van der Waals surface area contributed by atoms with Gasteiger partial charge >= 0.3 is 5.97 Å². The number of ether oxygens (including phenoxy) is 1. The summed E-state index contributed by atoms with van der Waals surface area (Å²) in [5.41, 5.74) is 1.21. The van der Waals surface area contributed by atoms with Crippen LogP contribution in [0.4, 0.5) is 5.69 Å². The molecule has 0 aliphatic carbocycles. The summed E-state index contributed by atoms with van der Waals surface area (Å²) in [5.74, 6) is -0.329. The molecule has 0 atom stereocenters. The van der Waals surface area contributed by atoms with E-state index in [1.54, 1.807) is 26.0 Å². The minimum atomic E-state index is -0.505. The molecule has 0 bridgehead atoms. The van der Waals surface area contributed by atoms with Crippen molar-refractivity contribution in [1.82, 2.24) is 4.98 Å². The van der Waals surface area contributed by atoms with Crippen molar-refractivity contribution in [3.63, 3.8) is 0 Å². The zero-order chi connectivity index (χ0) is 13.5. The number of nitro groups is 1. The van der Waals surface area contributed by atoms with Crippen molar-refractivity contribution >= 4 is 17.7 Å². The summed E-state index contributed by atoms with van der Waals surface area (Å²) >= 11 is 0. The summed E-state index contributed by atoms with van der Waals surface area (Å²) < 4.78 is 4.76. The molecule has 6 nitrogen and oxygen atoms in total. The molecule has 0 saturated carbocycles. The van der Waals surface area contributed by atoms with Crippen molar-refractivity contribution < 1.29 is 14.5 Å². The SMILES string of the molecule is CCOC(=O)CC=Cc1cc([N+](=O)[O-])cnc1C. The van der Waals surface area contributed by atoms with Gasteiger partial charge in [0.25, 0.3) is 5.69 Å². The molecule has 0 radical (unpaired) electrons. The van der Waals surface area contributed by atoms with E-state index in [-0.39, 0.29) is 18.1 Å². The van der Waals surface area contributed by atoms with Gasteiger partial charge in [-0.2, -0.15) is 0 Å². The molecular formula is C12H14N2O4. The van der Waals surface area contributed by atoms with Gasteiger partial charge < -0.3 is 4.74 Å². The maximum absolute atomic E-state index is 11.1. The Labute approximate surface area is 104 Å². The predicted molar refractivity (Wildman–Crippen MR) is 65.9 cm³/mol. The number of hydrogen-bond donors (Lipinski definition) is 0. The van der Waals surface area contributed by atoms with Crippen LogP contribution in [0.5, 0.6) is 0 Å². The van der Waals surface area contributed by atoms with Crippen LogP contribution in [-0.4, -0.2) is 22.5 Å². The second kappa shape index (κ2) is 6.48. The lowest BCUT2D eigenvalue weighted by Gasteiger charge is -2.00. The summed E-state index contributed by atoms with van der Waals surface area (Å²) in [6, 6.07) is 1.42. The molecule has 18 heavy (non-hydrogen) atoms. The standard InChI is InChI=1S/C12H14N2O4/c1-3-18-12(15)6-4-5-10-7-11(14(16)17)8-13-9(10)2/h4-5,7-8H,3,6H2,1-2H3. The third kappa shape index (κ3) is 3.97. The quantitative estimate of drug-likeness (QED) is 0.454. The maximum atomic E-state index is 11.1. The summed E-state index contributed by atoms with van der Waals surface area (Å²) in [4.78, 5) is 25.1. The monoisotopic (exact) mass is 250 g/mol. The highest BCUT2D eigenvalue weighted by Gasteiger charge is 2.08. The van der Waals surface area contributed by atoms with E-state index in [4.69, 9.17) is 4.74 Å². The molecule has 0 aliphatic heterocycles. The fourth-order valence-corrected chi connectivity index (χ4v) is 1.31. The van der Waals surface area contributed by atoms with Crippen LogP contribution in [0.2, 0.25) is 0 Å². The van der Waals surface area contributed by atoms with Crippen LogP contribution in [0.15, 0.2) is 18.3 Å². The number of rotatable bonds is 5. The van der Waals surface area contributed by atoms with Crippen molar-refractivity contribution in [2.45, 2.75) is 20.3 Å². The Morgan fingerprint density at radius 1 is 1.61 bits per heavy atom. The predicted octanol–water partition coefficient (Wildman–Crippen LogP) is 2.26. The van der Waals surface area contributed by atoms with Crippen LogP contribution in [0.3, 0.4) is 0 Å². The molecular weight excluding hydrogens is 236 g/mol. The highest BCUT2D eigenvalue weighted by molar-refractivity contribution is 5.72. The first-order valence-electron chi connectivity index (χ1n) is 5.47. The molecule has 0 fully saturated rings. The molecule has 0 N–H and O–H groups in total. The number of pyridine rings is 1. The second-order valence-corrected chi connectivity index (χ2v) is 3.54. The highest BCUT2D eigenvalue weighted by atomic mass is 16.6. The number of nitrogens with zero attached hydrogens (tertiary/aromatic N) is 2. The van der Waals surface area contributed by atoms with Gasteiger partial charge in [-0.3, -0.25) is 19.9 Å². The Morgan fingerprint density at radius 2 is 2.33 bits per heavy atom. The summed E-state index contributed by atoms with van der Waals surface area (Å²) in [5, 5.41) is 10.6. The van der Waals surface area contributed by atoms with Gasteiger partial charge in [-0.25, -0.2) is 0 Å². The molecule has 1 heterocycles. The van der Waals surface area contributed by atoms with Gasteiger partial charge in [0.15, 0.2) is 0 Å². The molecule has 0 aliphatic rings. The number of carbonyl (C=O) groups excluding carboxylic acids is 1. The van der Waals surface area contributed by atoms with E-state index < -0.39 is 4.92 Å². The molecule has 1 aromatic heterocycles. The topological polar surface area (TPSA) is 82.3 Å². The van der Waals surface area contributed by atoms with Crippen LogP contribution >= 0.6 is 0 Å². The van der Waals surface area contributed by atoms with E-state index >= 15 is 0 Å². The normalized spacial score (nSPS) is 10.6. The van der Waals surface area contributed by atoms with Gasteiger partial charge in [-0.15, -0.1) is 0 Å². The molecule has 1 rings (SSSR count). The lowest BCUT2D eigenvalue weighted by Crippen LogP contribution is -2.01. The van der Waals surface area contributed by atoms with Crippen LogP contribution < -0.4 is 0 Å². The molecule has 96 valence electrons. The van der Waals surface area contributed by atoms with E-state index in [1.807, 2.05) is 0 Å². The van der Waals surface area contributed by atoms with Crippen molar-refractivity contribution in [1.29, 1.82) is 0 Å². The molecule has 6 heteroatoms. The van der Waals surface area contributed by atoms with Crippen LogP contribution in [0.1, 0.15) is 24.6 Å². The largest absolute Gasteiger partial charge is 0.466 e. The molecule has 0 amide bonds. The fraction of sp³-hybridized carbons (Fsp3) is 0.333. The van der Waals surface area contributed by atoms with Gasteiger partial charge in [0.05, 0.1) is 18.0 Å². The van der Waals surface area contributed by atoms with Crippen LogP contribution in [-0.2, 0) is 9.53 Å². The summed E-state index contributed by atoms with van der Waals surface area (Å²) in [7, 11) is 0. The van der Waals surface area contributed by atoms with Gasteiger partial charge in [0.1, 0.15) is 6.20 Å². The first-order chi connectivity index (χ1) is 8.54. The van der Waals surface area contributed by atoms with Crippen molar-refractivity contribution in [2.75, 3.05) is 6.61 Å². The third-order valence-corrected chi connectivity index (χ3v) is 2.21. The molecule has 0 aromatic carbocycles. The summed E-state index contributed by atoms with van der Waals surface area (Å²) in [6.45, 7) is 3.81. The Balaban J connectivity index is 2.77. The lowest BCUT2D eigenvalue weighted by molar-refractivity contribution is -0.385. The number of esters is 1. The third-order valence-electron chi connectivity index (χ3n) is 2.21. The van der Waals surface area contributed by atoms with E-state index in [9.17, 15) is 14.9 Å². The lowest BCUT2D eigenvalue weighted by atomic mass is 10.1. The first-order valence-corrected chi connectivity index (χ1v) is 5.47. The van der Waals surface area contributed by atoms with E-state index in [1.165, 1.54) is 12.3 Å². The number of hydrogen-bond acceptors (Lipinski definition) is 5. The minimum absolute atomic E-state index is 0.0728. The van der Waals surface area contributed by atoms with E-state index in [0.29, 0.717) is 17.9 Å². The zero-order valence-electron chi connectivity index (χ0n) is 10.3. The van der Waals surface area contributed by atoms with Gasteiger partial charge in [0, 0.05) is 17.3 Å². The fourth-order valence-electron chi connectivity index (χ4n) is 1.31. The van der Waals surface area contributed by atoms with Gasteiger partial charge in [-0.1, -0.05) is 12.2 Å². The van der Waals surface area contributed by atoms with Crippen molar-refractivity contribution in [3.8, 4) is 0 Å². The van der Waals surface area contributed by atoms with Crippen molar-refractivity contribution in [3.05, 3.63) is 39.7 Å². The summed E-state index contributed by atoms with van der Waals surface area (Å²) in [6.07, 6.45) is 4.58. The van der Waals surface area contributed by atoms with Crippen LogP contribution in [0.25, 0.3) is 6.08 Å². The highest BCUT2D eigenvalue weighted by Crippen LogP contribution is 2.16. The Kier molecular flexibility index (Phi) is 4.98. The molecule has 0 saturated heterocycles. The average Bonchev–Trinajstić information content (AvgIpc) is 2.31. The second-order valence-electron chi connectivity index (χ2n) is 3.54. The Hall–Kier alpha value is -2.24. The van der Waals surface area contributed by atoms with Crippen LogP contribution in [0, 0.1) is 17.0 Å². The Bertz CT molecular complexity index is 483. The van der Waals surface area contributed by atoms with Gasteiger partial charge in [-0.05, 0) is 13.8 Å². The first kappa shape index (κ1) is 13.8. The molecule has 0 unspecified atom stereocenters. The van der Waals surface area contributed by atoms with Crippen molar-refractivity contribution in [2.24, 2.45) is 0 Å². The number of aryl methyl sites for hydroxylation is 1. The zero-order valence-corrected chi connectivity index (χ0v) is 10.3.